The maximum atomic E-state index is 2.65. The summed E-state index contributed by atoms with van der Waals surface area (Å²) >= 11 is 0. The van der Waals surface area contributed by atoms with Gasteiger partial charge in [-0.1, -0.05) is 106 Å². The van der Waals surface area contributed by atoms with Gasteiger partial charge in [0.1, 0.15) is 0 Å². The van der Waals surface area contributed by atoms with Gasteiger partial charge in [-0.25, -0.2) is 0 Å². The molecule has 0 radical (unpaired) electrons. The van der Waals surface area contributed by atoms with Gasteiger partial charge >= 0.3 is 0 Å². The average molecular weight is 343 g/mol. The van der Waals surface area contributed by atoms with Crippen molar-refractivity contribution in [1.29, 1.82) is 0 Å². The molecule has 2 aliphatic carbocycles. The Hall–Kier alpha value is -0.780. The molecule has 0 amide bonds. The summed E-state index contributed by atoms with van der Waals surface area (Å²) in [6.45, 7) is 28.6. The Morgan fingerprint density at radius 3 is 1.00 bits per heavy atom. The minimum absolute atomic E-state index is 0.203. The Balaban J connectivity index is 2.59. The van der Waals surface area contributed by atoms with Crippen molar-refractivity contribution in [2.45, 2.75) is 95.9 Å². The second-order valence-corrected chi connectivity index (χ2v) is 12.7. The summed E-state index contributed by atoms with van der Waals surface area (Å²) in [4.78, 5) is 0. The van der Waals surface area contributed by atoms with Crippen molar-refractivity contribution >= 4 is 0 Å². The molecular formula is C25H42. The van der Waals surface area contributed by atoms with Crippen LogP contribution in [-0.4, -0.2) is 0 Å². The predicted molar refractivity (Wildman–Crippen MR) is 113 cm³/mol. The average Bonchev–Trinajstić information content (AvgIpc) is 2.89. The highest BCUT2D eigenvalue weighted by atomic mass is 14.5. The lowest BCUT2D eigenvalue weighted by molar-refractivity contribution is 0.440. The van der Waals surface area contributed by atoms with E-state index in [1.54, 1.807) is 22.3 Å². The minimum Gasteiger partial charge on any atom is -0.0698 e. The summed E-state index contributed by atoms with van der Waals surface area (Å²) in [6, 6.07) is 0. The molecule has 0 N–H and O–H groups in total. The van der Waals surface area contributed by atoms with E-state index in [9.17, 15) is 0 Å². The molecular weight excluding hydrogens is 300 g/mol. The van der Waals surface area contributed by atoms with E-state index >= 15 is 0 Å². The molecule has 2 rings (SSSR count). The fourth-order valence-corrected chi connectivity index (χ4v) is 4.59. The SMILES string of the molecule is CC(C)(C)C1=CC2(C=C1C(C)(C)C)CC(C(C)(C)C)=C(C(C)(C)C)C2. The molecule has 142 valence electrons. The van der Waals surface area contributed by atoms with E-state index in [2.05, 4.69) is 95.2 Å². The Morgan fingerprint density at radius 1 is 0.520 bits per heavy atom. The topological polar surface area (TPSA) is 0 Å². The van der Waals surface area contributed by atoms with Crippen LogP contribution in [0, 0.1) is 27.1 Å². The van der Waals surface area contributed by atoms with Crippen LogP contribution in [0.4, 0.5) is 0 Å². The zero-order valence-electron chi connectivity index (χ0n) is 19.1. The zero-order valence-corrected chi connectivity index (χ0v) is 19.1. The number of allylic oxidation sites excluding steroid dienone is 6. The maximum absolute atomic E-state index is 2.65. The van der Waals surface area contributed by atoms with E-state index in [0.29, 0.717) is 0 Å². The molecule has 0 aliphatic heterocycles. The van der Waals surface area contributed by atoms with Crippen molar-refractivity contribution in [1.82, 2.24) is 0 Å². The normalized spacial score (nSPS) is 21.9. The van der Waals surface area contributed by atoms with E-state index in [0.717, 1.165) is 0 Å². The molecule has 0 bridgehead atoms. The summed E-state index contributed by atoms with van der Waals surface area (Å²) in [5.41, 5.74) is 7.64. The highest BCUT2D eigenvalue weighted by molar-refractivity contribution is 5.52. The number of hydrogen-bond donors (Lipinski definition) is 0. The first kappa shape index (κ1) is 20.5. The van der Waals surface area contributed by atoms with Gasteiger partial charge in [0.05, 0.1) is 0 Å². The second kappa shape index (κ2) is 5.61. The molecule has 0 saturated heterocycles. The highest BCUT2D eigenvalue weighted by Crippen LogP contribution is 2.60. The fourth-order valence-electron chi connectivity index (χ4n) is 4.59. The maximum Gasteiger partial charge on any atom is 0.0148 e. The van der Waals surface area contributed by atoms with E-state index in [1.165, 1.54) is 12.8 Å². The fraction of sp³-hybridized carbons (Fsp3) is 0.760. The van der Waals surface area contributed by atoms with Gasteiger partial charge in [0.15, 0.2) is 0 Å². The summed E-state index contributed by atoms with van der Waals surface area (Å²) in [5.74, 6) is 0. The molecule has 0 nitrogen and oxygen atoms in total. The van der Waals surface area contributed by atoms with E-state index in [4.69, 9.17) is 0 Å². The van der Waals surface area contributed by atoms with Crippen LogP contribution in [0.15, 0.2) is 34.4 Å². The molecule has 0 fully saturated rings. The van der Waals surface area contributed by atoms with Crippen LogP contribution in [0.1, 0.15) is 95.9 Å². The minimum atomic E-state index is 0.203. The first-order chi connectivity index (χ1) is 10.9. The third-order valence-corrected chi connectivity index (χ3v) is 5.96. The quantitative estimate of drug-likeness (QED) is 0.390. The van der Waals surface area contributed by atoms with Crippen LogP contribution in [-0.2, 0) is 0 Å². The van der Waals surface area contributed by atoms with Gasteiger partial charge in [0, 0.05) is 5.41 Å². The molecule has 2 aliphatic rings. The van der Waals surface area contributed by atoms with Gasteiger partial charge in [-0.05, 0) is 45.6 Å². The van der Waals surface area contributed by atoms with Crippen LogP contribution in [0.5, 0.6) is 0 Å². The molecule has 0 atom stereocenters. The van der Waals surface area contributed by atoms with Crippen molar-refractivity contribution in [3.8, 4) is 0 Å². The van der Waals surface area contributed by atoms with Crippen LogP contribution in [0.2, 0.25) is 0 Å². The van der Waals surface area contributed by atoms with Crippen molar-refractivity contribution < 1.29 is 0 Å². The van der Waals surface area contributed by atoms with Crippen LogP contribution < -0.4 is 0 Å². The Bertz CT molecular complexity index is 576. The molecule has 0 heterocycles. The second-order valence-electron chi connectivity index (χ2n) is 12.7. The van der Waals surface area contributed by atoms with Crippen molar-refractivity contribution in [3.05, 3.63) is 34.4 Å². The number of rotatable bonds is 0. The first-order valence-corrected chi connectivity index (χ1v) is 10.1. The Morgan fingerprint density at radius 2 is 0.800 bits per heavy atom. The third-order valence-electron chi connectivity index (χ3n) is 5.96. The summed E-state index contributed by atoms with van der Waals surface area (Å²) in [6.07, 6.45) is 7.70. The van der Waals surface area contributed by atoms with Gasteiger partial charge < -0.3 is 0 Å². The van der Waals surface area contributed by atoms with E-state index in [-0.39, 0.29) is 27.1 Å². The van der Waals surface area contributed by atoms with Gasteiger partial charge in [0.2, 0.25) is 0 Å². The monoisotopic (exact) mass is 342 g/mol. The lowest BCUT2D eigenvalue weighted by Crippen LogP contribution is -2.18. The molecule has 1 spiro atoms. The molecule has 25 heavy (non-hydrogen) atoms. The molecule has 0 heteroatoms. The summed E-state index contributed by atoms with van der Waals surface area (Å²) < 4.78 is 0. The number of hydrogen-bond acceptors (Lipinski definition) is 0. The van der Waals surface area contributed by atoms with E-state index < -0.39 is 0 Å². The van der Waals surface area contributed by atoms with Crippen molar-refractivity contribution in [3.63, 3.8) is 0 Å². The largest absolute Gasteiger partial charge is 0.0698 e. The van der Waals surface area contributed by atoms with Gasteiger partial charge in [-0.15, -0.1) is 0 Å². The molecule has 0 saturated carbocycles. The molecule has 0 aromatic carbocycles. The lowest BCUT2D eigenvalue weighted by atomic mass is 9.74. The van der Waals surface area contributed by atoms with Crippen molar-refractivity contribution in [2.75, 3.05) is 0 Å². The van der Waals surface area contributed by atoms with Gasteiger partial charge in [-0.3, -0.25) is 0 Å². The van der Waals surface area contributed by atoms with Crippen LogP contribution in [0.25, 0.3) is 0 Å². The predicted octanol–water partition coefficient (Wildman–Crippen LogP) is 8.11. The Labute approximate surface area is 157 Å². The van der Waals surface area contributed by atoms with Crippen LogP contribution in [0.3, 0.4) is 0 Å². The van der Waals surface area contributed by atoms with Crippen molar-refractivity contribution in [2.24, 2.45) is 27.1 Å². The first-order valence-electron chi connectivity index (χ1n) is 10.1. The summed E-state index contributed by atoms with van der Waals surface area (Å²) in [7, 11) is 0. The Kier molecular flexibility index (Phi) is 4.60. The standard InChI is InChI=1S/C25H42/c1-21(2,3)17-13-25(14-18(17)22(4,5)6)15-19(23(7,8)9)20(16-25)24(10,11)12/h13-14H,15-16H2,1-12H3. The third kappa shape index (κ3) is 3.99. The van der Waals surface area contributed by atoms with Gasteiger partial charge in [0.25, 0.3) is 0 Å². The summed E-state index contributed by atoms with van der Waals surface area (Å²) in [5, 5.41) is 0. The lowest BCUT2D eigenvalue weighted by Gasteiger charge is -2.31. The molecule has 0 unspecified atom stereocenters. The molecule has 0 aromatic heterocycles. The van der Waals surface area contributed by atoms with Crippen LogP contribution >= 0.6 is 0 Å². The smallest absolute Gasteiger partial charge is 0.0148 e. The van der Waals surface area contributed by atoms with E-state index in [1.807, 2.05) is 0 Å². The zero-order chi connectivity index (χ0) is 19.6. The highest BCUT2D eigenvalue weighted by Gasteiger charge is 2.47. The molecule has 0 aromatic rings. The van der Waals surface area contributed by atoms with Gasteiger partial charge in [-0.2, -0.15) is 0 Å².